The van der Waals surface area contributed by atoms with E-state index < -0.39 is 66.2 Å². The fraction of sp³-hybridized carbons (Fsp3) is 0.727. The summed E-state index contributed by atoms with van der Waals surface area (Å²) in [5.41, 5.74) is -5.88. The number of aliphatic hydroxyl groups is 2. The van der Waals surface area contributed by atoms with Gasteiger partial charge in [-0.15, -0.1) is 0 Å². The van der Waals surface area contributed by atoms with Crippen molar-refractivity contribution in [3.8, 4) is 0 Å². The number of alkyl halides is 1. The van der Waals surface area contributed by atoms with Gasteiger partial charge in [-0.2, -0.15) is 0 Å². The number of halogens is 1. The van der Waals surface area contributed by atoms with Gasteiger partial charge in [0, 0.05) is 16.7 Å². The Morgan fingerprint density at radius 2 is 1.88 bits per heavy atom. The second kappa shape index (κ2) is 9.83. The Balaban J connectivity index is 0.00000204. The first-order chi connectivity index (χ1) is 14.6. The maximum atomic E-state index is 17.0. The number of aliphatic hydroxyl groups excluding tert-OH is 1. The molecular formula is C22H32FNa2O8P. The second-order valence-corrected chi connectivity index (χ2v) is 11.6. The van der Waals surface area contributed by atoms with Crippen molar-refractivity contribution in [2.24, 2.45) is 28.6 Å². The van der Waals surface area contributed by atoms with Crippen LogP contribution < -0.4 is 0 Å². The van der Waals surface area contributed by atoms with Crippen molar-refractivity contribution in [1.29, 1.82) is 0 Å². The molecule has 182 valence electrons. The predicted octanol–water partition coefficient (Wildman–Crippen LogP) is 0.716. The van der Waals surface area contributed by atoms with Crippen LogP contribution in [0.25, 0.3) is 0 Å². The van der Waals surface area contributed by atoms with Crippen molar-refractivity contribution in [3.63, 3.8) is 0 Å². The first-order valence-electron chi connectivity index (χ1n) is 10.9. The van der Waals surface area contributed by atoms with E-state index in [4.69, 9.17) is 9.79 Å². The molecule has 3 saturated carbocycles. The van der Waals surface area contributed by atoms with Gasteiger partial charge in [0.1, 0.15) is 12.2 Å². The van der Waals surface area contributed by atoms with Crippen LogP contribution in [-0.2, 0) is 18.7 Å². The summed E-state index contributed by atoms with van der Waals surface area (Å²) in [4.78, 5) is 42.8. The molecule has 3 fully saturated rings. The van der Waals surface area contributed by atoms with E-state index in [0.29, 0.717) is 24.8 Å². The van der Waals surface area contributed by atoms with Crippen LogP contribution in [0.5, 0.6) is 0 Å². The topological polar surface area (TPSA) is 141 Å². The minimum atomic E-state index is -4.93. The third kappa shape index (κ3) is 4.20. The Bertz CT molecular complexity index is 984. The Morgan fingerprint density at radius 3 is 2.47 bits per heavy atom. The molecule has 0 spiro atoms. The Kier molecular flexibility index (Phi) is 8.96. The molecule has 4 aliphatic carbocycles. The molecule has 0 aliphatic heterocycles. The number of ketones is 2. The summed E-state index contributed by atoms with van der Waals surface area (Å²) < 4.78 is 32.5. The van der Waals surface area contributed by atoms with Gasteiger partial charge in [-0.3, -0.25) is 14.1 Å². The fourth-order valence-electron chi connectivity index (χ4n) is 7.39. The quantitative estimate of drug-likeness (QED) is 0.314. The van der Waals surface area contributed by atoms with Gasteiger partial charge in [0.15, 0.2) is 17.2 Å². The number of hydrogen-bond donors (Lipinski definition) is 4. The van der Waals surface area contributed by atoms with Crippen LogP contribution in [0.3, 0.4) is 0 Å². The van der Waals surface area contributed by atoms with Crippen molar-refractivity contribution in [2.75, 3.05) is 6.61 Å². The predicted molar refractivity (Wildman–Crippen MR) is 125 cm³/mol. The number of allylic oxidation sites excluding steroid dienone is 4. The van der Waals surface area contributed by atoms with Gasteiger partial charge in [-0.05, 0) is 56.6 Å². The van der Waals surface area contributed by atoms with Gasteiger partial charge in [-0.25, -0.2) is 8.96 Å². The average Bonchev–Trinajstić information content (AvgIpc) is 2.89. The van der Waals surface area contributed by atoms with E-state index in [1.165, 1.54) is 18.2 Å². The van der Waals surface area contributed by atoms with Crippen molar-refractivity contribution in [1.82, 2.24) is 0 Å². The number of carbonyl (C=O) groups excluding carboxylic acids is 2. The number of fused-ring (bicyclic) bond motifs is 5. The molecule has 0 aromatic carbocycles. The summed E-state index contributed by atoms with van der Waals surface area (Å²) in [5, 5.41) is 22.8. The molecule has 34 heavy (non-hydrogen) atoms. The van der Waals surface area contributed by atoms with E-state index in [-0.39, 0.29) is 71.3 Å². The van der Waals surface area contributed by atoms with Gasteiger partial charge in [0.05, 0.1) is 6.10 Å². The molecule has 0 unspecified atom stereocenters. The van der Waals surface area contributed by atoms with Crippen molar-refractivity contribution < 1.29 is 43.1 Å². The molecule has 12 heteroatoms. The molecule has 0 heterocycles. The molecule has 8 nitrogen and oxygen atoms in total. The molecule has 4 rings (SSSR count). The normalized spacial score (nSPS) is 45.2. The SMILES string of the molecule is C[C@@H]1C[C@H]2[C@@H]3CCC4=CC(=O)C=C[C@]4(C)[C@@]3(F)[C@@H](O)C[C@]2(C)[C@@]1(O)C(=O)COP(=O)(O)O.[NaH].[NaH]. The molecule has 8 atom stereocenters. The minimum absolute atomic E-state index is 0. The number of rotatable bonds is 4. The third-order valence-corrected chi connectivity index (χ3v) is 9.48. The molecular weight excluding hydrogens is 488 g/mol. The molecule has 0 aromatic heterocycles. The van der Waals surface area contributed by atoms with Gasteiger partial charge in [0.2, 0.25) is 0 Å². The molecule has 0 bridgehead atoms. The second-order valence-electron chi connectivity index (χ2n) is 10.4. The van der Waals surface area contributed by atoms with E-state index in [9.17, 15) is 24.4 Å². The molecule has 4 N–H and O–H groups in total. The number of phosphoric ester groups is 1. The Morgan fingerprint density at radius 1 is 1.26 bits per heavy atom. The van der Waals surface area contributed by atoms with Crippen molar-refractivity contribution in [2.45, 2.75) is 63.8 Å². The van der Waals surface area contributed by atoms with Crippen LogP contribution in [-0.4, -0.2) is 115 Å². The van der Waals surface area contributed by atoms with Crippen molar-refractivity contribution >= 4 is 78.5 Å². The molecule has 0 amide bonds. The molecule has 0 saturated heterocycles. The Hall–Kier alpha value is 0.780. The zero-order valence-electron chi connectivity index (χ0n) is 18.3. The summed E-state index contributed by atoms with van der Waals surface area (Å²) in [7, 11) is -4.93. The number of Topliss-reactive ketones (excluding diaryl/α,β-unsaturated/α-hetero) is 1. The summed E-state index contributed by atoms with van der Waals surface area (Å²) in [6.45, 7) is 4.00. The maximum absolute atomic E-state index is 17.0. The van der Waals surface area contributed by atoms with Crippen molar-refractivity contribution in [3.05, 3.63) is 23.8 Å². The van der Waals surface area contributed by atoms with Gasteiger partial charge >= 0.3 is 66.9 Å². The van der Waals surface area contributed by atoms with Crippen LogP contribution in [0, 0.1) is 28.6 Å². The van der Waals surface area contributed by atoms with Crippen LogP contribution >= 0.6 is 7.82 Å². The van der Waals surface area contributed by atoms with Crippen LogP contribution in [0.2, 0.25) is 0 Å². The summed E-state index contributed by atoms with van der Waals surface area (Å²) >= 11 is 0. The van der Waals surface area contributed by atoms with Crippen LogP contribution in [0.1, 0.15) is 46.5 Å². The fourth-order valence-corrected chi connectivity index (χ4v) is 7.68. The standard InChI is InChI=1S/C22H30FO8P.2Na.2H/c1-12-8-16-15-5-4-13-9-14(24)6-7-19(13,2)21(15,23)17(25)10-20(16,3)22(12,27)18(26)11-31-32(28,29)30;;;;/h6-7,9,12,15-17,25,27H,4-5,8,10-11H2,1-3H3,(H2,28,29,30);;;;/t12-,15+,16+,17+,19+,20+,21+,22+;;;;/m1..../s1. The molecule has 0 aromatic rings. The zero-order chi connectivity index (χ0) is 23.9. The summed E-state index contributed by atoms with van der Waals surface area (Å²) in [6.07, 6.45) is 3.70. The Labute approximate surface area is 242 Å². The number of carbonyl (C=O) groups is 2. The van der Waals surface area contributed by atoms with Crippen LogP contribution in [0.15, 0.2) is 23.8 Å². The summed E-state index contributed by atoms with van der Waals surface area (Å²) in [5.74, 6) is -2.87. The van der Waals surface area contributed by atoms with E-state index in [1.807, 2.05) is 0 Å². The van der Waals surface area contributed by atoms with Gasteiger partial charge < -0.3 is 20.0 Å². The first-order valence-corrected chi connectivity index (χ1v) is 12.4. The van der Waals surface area contributed by atoms with E-state index in [1.54, 1.807) is 20.8 Å². The third-order valence-electron chi connectivity index (χ3n) is 9.01. The zero-order valence-corrected chi connectivity index (χ0v) is 19.2. The van der Waals surface area contributed by atoms with E-state index in [0.717, 1.165) is 0 Å². The first kappa shape index (κ1) is 31.0. The van der Waals surface area contributed by atoms with Crippen LogP contribution in [0.4, 0.5) is 4.39 Å². The number of hydrogen-bond acceptors (Lipinski definition) is 6. The average molecular weight is 520 g/mol. The van der Waals surface area contributed by atoms with E-state index >= 15 is 4.39 Å². The van der Waals surface area contributed by atoms with Gasteiger partial charge in [0.25, 0.3) is 0 Å². The molecule has 0 radical (unpaired) electrons. The van der Waals surface area contributed by atoms with Gasteiger partial charge in [-0.1, -0.05) is 25.5 Å². The number of phosphoric acid groups is 1. The summed E-state index contributed by atoms with van der Waals surface area (Å²) in [6, 6.07) is 0. The monoisotopic (exact) mass is 520 g/mol. The molecule has 4 aliphatic rings. The van der Waals surface area contributed by atoms with E-state index in [2.05, 4.69) is 4.52 Å².